The minimum Gasteiger partial charge on any atom is -0.365 e. The number of nitrogens with zero attached hydrogens (tertiary/aromatic N) is 3. The second-order valence-electron chi connectivity index (χ2n) is 7.43. The zero-order chi connectivity index (χ0) is 23.9. The van der Waals surface area contributed by atoms with E-state index in [0.717, 1.165) is 16.2 Å². The standard InChI is InChI=1S/C21H18ClF2N5O2S2/c1-9(7-29-8-11(22)6-26-29)20(31)28-16-15-12(14-4-3-10(2)32-14)5-13(18(23)24)27-21(15)33-17(16)19(25)30/h3-6,8-9,18H,7H2,1-2H3,(H2,25,30)(H,28,31). The molecule has 172 valence electrons. The molecule has 12 heteroatoms. The topological polar surface area (TPSA) is 103 Å². The summed E-state index contributed by atoms with van der Waals surface area (Å²) in [4.78, 5) is 31.2. The van der Waals surface area contributed by atoms with Gasteiger partial charge < -0.3 is 11.1 Å². The molecular formula is C21H18ClF2N5O2S2. The van der Waals surface area contributed by atoms with Gasteiger partial charge in [-0.2, -0.15) is 5.10 Å². The van der Waals surface area contributed by atoms with Crippen LogP contribution >= 0.6 is 34.3 Å². The number of aromatic nitrogens is 3. The number of rotatable bonds is 7. The fraction of sp³-hybridized carbons (Fsp3) is 0.238. The molecule has 3 N–H and O–H groups in total. The Hall–Kier alpha value is -2.89. The molecule has 1 atom stereocenters. The third-order valence-electron chi connectivity index (χ3n) is 4.89. The van der Waals surface area contributed by atoms with Gasteiger partial charge in [0.05, 0.1) is 29.4 Å². The summed E-state index contributed by atoms with van der Waals surface area (Å²) < 4.78 is 28.6. The maximum atomic E-state index is 13.6. The van der Waals surface area contributed by atoms with Gasteiger partial charge in [-0.05, 0) is 25.1 Å². The van der Waals surface area contributed by atoms with Crippen molar-refractivity contribution in [1.29, 1.82) is 0 Å². The van der Waals surface area contributed by atoms with Crippen LogP contribution in [0.3, 0.4) is 0 Å². The van der Waals surface area contributed by atoms with Crippen LogP contribution in [0.15, 0.2) is 30.6 Å². The number of aryl methyl sites for hydroxylation is 1. The van der Waals surface area contributed by atoms with Crippen LogP contribution in [-0.2, 0) is 11.3 Å². The number of hydrogen-bond acceptors (Lipinski definition) is 6. The van der Waals surface area contributed by atoms with Crippen LogP contribution in [-0.4, -0.2) is 26.6 Å². The van der Waals surface area contributed by atoms with Gasteiger partial charge in [0.2, 0.25) is 5.91 Å². The van der Waals surface area contributed by atoms with Crippen LogP contribution in [0.5, 0.6) is 0 Å². The van der Waals surface area contributed by atoms with Crippen molar-refractivity contribution < 1.29 is 18.4 Å². The van der Waals surface area contributed by atoms with Gasteiger partial charge in [0.1, 0.15) is 15.4 Å². The molecule has 4 rings (SSSR count). The van der Waals surface area contributed by atoms with Crippen LogP contribution in [0.2, 0.25) is 5.02 Å². The number of halogens is 3. The van der Waals surface area contributed by atoms with E-state index in [4.69, 9.17) is 17.3 Å². The molecule has 7 nitrogen and oxygen atoms in total. The summed E-state index contributed by atoms with van der Waals surface area (Å²) in [5, 5.41) is 7.70. The molecule has 2 amide bonds. The van der Waals surface area contributed by atoms with Crippen molar-refractivity contribution in [3.8, 4) is 10.4 Å². The molecule has 0 bridgehead atoms. The van der Waals surface area contributed by atoms with Crippen LogP contribution in [0.1, 0.15) is 33.6 Å². The highest BCUT2D eigenvalue weighted by Gasteiger charge is 2.26. The second-order valence-corrected chi connectivity index (χ2v) is 10.2. The number of thiophene rings is 2. The number of primary amides is 1. The van der Waals surface area contributed by atoms with Gasteiger partial charge in [-0.15, -0.1) is 22.7 Å². The molecule has 0 fully saturated rings. The number of pyridine rings is 1. The third-order valence-corrected chi connectivity index (χ3v) is 7.22. The highest BCUT2D eigenvalue weighted by molar-refractivity contribution is 7.21. The molecule has 0 saturated heterocycles. The van der Waals surface area contributed by atoms with Crippen molar-refractivity contribution in [2.75, 3.05) is 5.32 Å². The lowest BCUT2D eigenvalue weighted by atomic mass is 10.1. The SMILES string of the molecule is Cc1ccc(-c2cc(C(F)F)nc3sc(C(N)=O)c(NC(=O)C(C)Cn4cc(Cl)cn4)c23)s1. The van der Waals surface area contributed by atoms with E-state index in [1.54, 1.807) is 19.2 Å². The normalized spacial score (nSPS) is 12.4. The van der Waals surface area contributed by atoms with Crippen LogP contribution in [0, 0.1) is 12.8 Å². The van der Waals surface area contributed by atoms with Crippen molar-refractivity contribution in [2.45, 2.75) is 26.8 Å². The lowest BCUT2D eigenvalue weighted by Crippen LogP contribution is -2.25. The number of hydrogen-bond donors (Lipinski definition) is 2. The Labute approximate surface area is 200 Å². The number of amides is 2. The van der Waals surface area contributed by atoms with Gasteiger partial charge >= 0.3 is 0 Å². The smallest absolute Gasteiger partial charge is 0.280 e. The van der Waals surface area contributed by atoms with E-state index in [1.807, 2.05) is 13.0 Å². The molecule has 4 heterocycles. The number of nitrogens with two attached hydrogens (primary N) is 1. The average Bonchev–Trinajstić information content (AvgIpc) is 3.46. The summed E-state index contributed by atoms with van der Waals surface area (Å²) in [5.74, 6) is -1.72. The third kappa shape index (κ3) is 4.75. The van der Waals surface area contributed by atoms with Gasteiger partial charge in [0, 0.05) is 26.9 Å². The van der Waals surface area contributed by atoms with E-state index < -0.39 is 29.9 Å². The zero-order valence-corrected chi connectivity index (χ0v) is 19.8. The first-order chi connectivity index (χ1) is 15.6. The fourth-order valence-electron chi connectivity index (χ4n) is 3.34. The van der Waals surface area contributed by atoms with Crippen molar-refractivity contribution in [3.63, 3.8) is 0 Å². The van der Waals surface area contributed by atoms with E-state index in [2.05, 4.69) is 15.4 Å². The Balaban J connectivity index is 1.81. The Bertz CT molecular complexity index is 1360. The Morgan fingerprint density at radius 2 is 2.06 bits per heavy atom. The minimum absolute atomic E-state index is 0.0427. The first-order valence-electron chi connectivity index (χ1n) is 9.75. The molecule has 0 aliphatic rings. The highest BCUT2D eigenvalue weighted by atomic mass is 35.5. The first-order valence-corrected chi connectivity index (χ1v) is 11.8. The molecule has 4 aromatic rings. The molecule has 0 aliphatic heterocycles. The molecule has 0 saturated carbocycles. The number of carbonyl (C=O) groups is 2. The Morgan fingerprint density at radius 3 is 2.64 bits per heavy atom. The molecule has 0 spiro atoms. The summed E-state index contributed by atoms with van der Waals surface area (Å²) >= 11 is 8.17. The van der Waals surface area contributed by atoms with Gasteiger partial charge in [-0.3, -0.25) is 14.3 Å². The van der Waals surface area contributed by atoms with Crippen molar-refractivity contribution in [1.82, 2.24) is 14.8 Å². The lowest BCUT2D eigenvalue weighted by Gasteiger charge is -2.14. The number of alkyl halides is 2. The Kier molecular flexibility index (Phi) is 6.46. The van der Waals surface area contributed by atoms with Crippen molar-refractivity contribution in [2.24, 2.45) is 11.7 Å². The fourth-order valence-corrected chi connectivity index (χ4v) is 5.40. The van der Waals surface area contributed by atoms with E-state index in [-0.39, 0.29) is 21.9 Å². The average molecular weight is 510 g/mol. The highest BCUT2D eigenvalue weighted by Crippen LogP contribution is 2.44. The number of nitrogens with one attached hydrogen (secondary N) is 1. The quantitative estimate of drug-likeness (QED) is 0.343. The van der Waals surface area contributed by atoms with Crippen molar-refractivity contribution >= 4 is 62.0 Å². The molecule has 1 unspecified atom stereocenters. The van der Waals surface area contributed by atoms with Gasteiger partial charge in [0.25, 0.3) is 12.3 Å². The van der Waals surface area contributed by atoms with Crippen molar-refractivity contribution in [3.05, 3.63) is 51.1 Å². The Morgan fingerprint density at radius 1 is 1.30 bits per heavy atom. The number of carbonyl (C=O) groups excluding carboxylic acids is 2. The number of fused-ring (bicyclic) bond motifs is 1. The predicted octanol–water partition coefficient (Wildman–Crippen LogP) is 5.49. The summed E-state index contributed by atoms with van der Waals surface area (Å²) in [7, 11) is 0. The molecular weight excluding hydrogens is 492 g/mol. The van der Waals surface area contributed by atoms with E-state index in [9.17, 15) is 18.4 Å². The van der Waals surface area contributed by atoms with E-state index >= 15 is 0 Å². The minimum atomic E-state index is -2.80. The van der Waals surface area contributed by atoms with Crippen LogP contribution < -0.4 is 11.1 Å². The van der Waals surface area contributed by atoms with Gasteiger partial charge in [-0.1, -0.05) is 18.5 Å². The largest absolute Gasteiger partial charge is 0.365 e. The lowest BCUT2D eigenvalue weighted by molar-refractivity contribution is -0.119. The zero-order valence-electron chi connectivity index (χ0n) is 17.4. The predicted molar refractivity (Wildman–Crippen MR) is 126 cm³/mol. The van der Waals surface area contributed by atoms with Gasteiger partial charge in [0.15, 0.2) is 0 Å². The summed E-state index contributed by atoms with van der Waals surface area (Å²) in [6.45, 7) is 3.84. The first kappa shape index (κ1) is 23.3. The summed E-state index contributed by atoms with van der Waals surface area (Å²) in [5.41, 5.74) is 5.78. The second kappa shape index (κ2) is 9.16. The van der Waals surface area contributed by atoms with Crippen LogP contribution in [0.25, 0.3) is 20.7 Å². The van der Waals surface area contributed by atoms with E-state index in [1.165, 1.54) is 28.3 Å². The van der Waals surface area contributed by atoms with E-state index in [0.29, 0.717) is 20.8 Å². The summed E-state index contributed by atoms with van der Waals surface area (Å²) in [6.07, 6.45) is 0.255. The maximum Gasteiger partial charge on any atom is 0.280 e. The molecule has 33 heavy (non-hydrogen) atoms. The molecule has 4 aromatic heterocycles. The molecule has 0 radical (unpaired) electrons. The maximum absolute atomic E-state index is 13.6. The van der Waals surface area contributed by atoms with Crippen LogP contribution in [0.4, 0.5) is 14.5 Å². The monoisotopic (exact) mass is 509 g/mol. The summed E-state index contributed by atoms with van der Waals surface area (Å²) in [6, 6.07) is 4.97. The molecule has 0 aromatic carbocycles. The molecule has 0 aliphatic carbocycles. The number of anilines is 1. The van der Waals surface area contributed by atoms with Gasteiger partial charge in [-0.25, -0.2) is 13.8 Å².